The molecule has 1 atom stereocenters. The number of halogens is 1. The number of benzene rings is 2. The van der Waals surface area contributed by atoms with Crippen molar-refractivity contribution >= 4 is 22.5 Å². The molecule has 1 unspecified atom stereocenters. The maximum absolute atomic E-state index is 9.39. The number of aliphatic hydroxyl groups excluding tert-OH is 1. The van der Waals surface area contributed by atoms with E-state index in [9.17, 15) is 5.11 Å². The van der Waals surface area contributed by atoms with Gasteiger partial charge in [0, 0.05) is 22.7 Å². The number of aromatic nitrogens is 1. The molecule has 118 valence electrons. The molecular weight excluding hydrogens is 306 g/mol. The van der Waals surface area contributed by atoms with E-state index in [1.54, 1.807) is 0 Å². The van der Waals surface area contributed by atoms with Crippen molar-refractivity contribution in [2.45, 2.75) is 19.8 Å². The molecule has 0 fully saturated rings. The third-order valence-corrected chi connectivity index (χ3v) is 4.27. The highest BCUT2D eigenvalue weighted by Gasteiger charge is 2.11. The van der Waals surface area contributed by atoms with Gasteiger partial charge in [-0.05, 0) is 48.1 Å². The molecule has 2 aromatic carbocycles. The van der Waals surface area contributed by atoms with Crippen LogP contribution in [0.3, 0.4) is 0 Å². The van der Waals surface area contributed by atoms with Gasteiger partial charge in [0.2, 0.25) is 0 Å². The number of hydrogen-bond donors (Lipinski definition) is 1. The Morgan fingerprint density at radius 3 is 2.61 bits per heavy atom. The minimum atomic E-state index is 0.167. The predicted molar refractivity (Wildman–Crippen MR) is 96.0 cm³/mol. The third kappa shape index (κ3) is 3.90. The minimum absolute atomic E-state index is 0.167. The summed E-state index contributed by atoms with van der Waals surface area (Å²) in [5, 5.41) is 11.2. The van der Waals surface area contributed by atoms with Crippen molar-refractivity contribution in [3.8, 4) is 0 Å². The van der Waals surface area contributed by atoms with Gasteiger partial charge in [0.25, 0.3) is 0 Å². The van der Waals surface area contributed by atoms with Gasteiger partial charge >= 0.3 is 0 Å². The SMILES string of the molecule is CC(CO)Cc1nc2cc(Cl)ccc2cc1Cc1ccccc1. The molecule has 0 aliphatic heterocycles. The van der Waals surface area contributed by atoms with E-state index in [2.05, 4.69) is 30.3 Å². The van der Waals surface area contributed by atoms with Gasteiger partial charge in [0.1, 0.15) is 0 Å². The Bertz CT molecular complexity index is 801. The van der Waals surface area contributed by atoms with Gasteiger partial charge in [-0.1, -0.05) is 54.9 Å². The summed E-state index contributed by atoms with van der Waals surface area (Å²) in [5.41, 5.74) is 4.44. The van der Waals surface area contributed by atoms with Crippen LogP contribution in [0, 0.1) is 5.92 Å². The number of hydrogen-bond acceptors (Lipinski definition) is 2. The average molecular weight is 326 g/mol. The summed E-state index contributed by atoms with van der Waals surface area (Å²) in [6, 6.07) is 18.4. The van der Waals surface area contributed by atoms with Crippen LogP contribution in [0.2, 0.25) is 5.02 Å². The Kier molecular flexibility index (Phi) is 4.94. The van der Waals surface area contributed by atoms with E-state index in [4.69, 9.17) is 16.6 Å². The maximum atomic E-state index is 9.39. The van der Waals surface area contributed by atoms with Gasteiger partial charge in [-0.15, -0.1) is 0 Å². The second-order valence-electron chi connectivity index (χ2n) is 6.09. The number of pyridine rings is 1. The molecule has 1 N–H and O–H groups in total. The quantitative estimate of drug-likeness (QED) is 0.740. The van der Waals surface area contributed by atoms with Crippen LogP contribution in [0.1, 0.15) is 23.7 Å². The third-order valence-electron chi connectivity index (χ3n) is 4.04. The Balaban J connectivity index is 2.05. The maximum Gasteiger partial charge on any atom is 0.0720 e. The second kappa shape index (κ2) is 7.12. The predicted octanol–water partition coefficient (Wildman–Crippen LogP) is 4.65. The van der Waals surface area contributed by atoms with Crippen molar-refractivity contribution in [2.24, 2.45) is 5.92 Å². The van der Waals surface area contributed by atoms with Crippen LogP contribution in [-0.4, -0.2) is 16.7 Å². The number of nitrogens with zero attached hydrogens (tertiary/aromatic N) is 1. The Morgan fingerprint density at radius 1 is 1.09 bits per heavy atom. The first-order valence-electron chi connectivity index (χ1n) is 7.88. The second-order valence-corrected chi connectivity index (χ2v) is 6.52. The highest BCUT2D eigenvalue weighted by atomic mass is 35.5. The van der Waals surface area contributed by atoms with Gasteiger partial charge in [-0.3, -0.25) is 4.98 Å². The van der Waals surface area contributed by atoms with Crippen molar-refractivity contribution in [2.75, 3.05) is 6.61 Å². The van der Waals surface area contributed by atoms with Gasteiger partial charge < -0.3 is 5.11 Å². The lowest BCUT2D eigenvalue weighted by molar-refractivity contribution is 0.236. The molecule has 3 rings (SSSR count). The van der Waals surface area contributed by atoms with Crippen LogP contribution in [0.4, 0.5) is 0 Å². The lowest BCUT2D eigenvalue weighted by Crippen LogP contribution is -2.09. The lowest BCUT2D eigenvalue weighted by atomic mass is 9.96. The Hall–Kier alpha value is -1.90. The molecule has 1 heterocycles. The van der Waals surface area contributed by atoms with Gasteiger partial charge in [-0.25, -0.2) is 0 Å². The first-order chi connectivity index (χ1) is 11.2. The molecule has 0 bridgehead atoms. The van der Waals surface area contributed by atoms with Crippen molar-refractivity contribution in [1.29, 1.82) is 0 Å². The zero-order valence-electron chi connectivity index (χ0n) is 13.2. The van der Waals surface area contributed by atoms with Crippen molar-refractivity contribution in [3.63, 3.8) is 0 Å². The first kappa shape index (κ1) is 16.0. The minimum Gasteiger partial charge on any atom is -0.396 e. The van der Waals surface area contributed by atoms with E-state index < -0.39 is 0 Å². The zero-order chi connectivity index (χ0) is 16.2. The van der Waals surface area contributed by atoms with Crippen molar-refractivity contribution in [1.82, 2.24) is 4.98 Å². The van der Waals surface area contributed by atoms with E-state index in [1.807, 2.05) is 31.2 Å². The van der Waals surface area contributed by atoms with Gasteiger partial charge in [-0.2, -0.15) is 0 Å². The molecule has 0 amide bonds. The lowest BCUT2D eigenvalue weighted by Gasteiger charge is -2.14. The average Bonchev–Trinajstić information content (AvgIpc) is 2.56. The summed E-state index contributed by atoms with van der Waals surface area (Å²) >= 11 is 6.09. The van der Waals surface area contributed by atoms with Crippen molar-refractivity contribution in [3.05, 3.63) is 76.4 Å². The fourth-order valence-corrected chi connectivity index (χ4v) is 2.93. The molecule has 0 saturated carbocycles. The molecule has 0 radical (unpaired) electrons. The molecule has 3 aromatic rings. The van der Waals surface area contributed by atoms with Crippen LogP contribution in [0.15, 0.2) is 54.6 Å². The molecule has 0 spiro atoms. The molecule has 23 heavy (non-hydrogen) atoms. The standard InChI is InChI=1S/C20H20ClNO/c1-14(13-23)9-19-17(10-15-5-3-2-4-6-15)11-16-7-8-18(21)12-20(16)22-19/h2-8,11-12,14,23H,9-10,13H2,1H3. The van der Waals surface area contributed by atoms with Crippen LogP contribution in [-0.2, 0) is 12.8 Å². The fraction of sp³-hybridized carbons (Fsp3) is 0.250. The van der Waals surface area contributed by atoms with E-state index in [0.717, 1.165) is 29.4 Å². The Labute approximate surface area is 141 Å². The number of fused-ring (bicyclic) bond motifs is 1. The molecule has 2 nitrogen and oxygen atoms in total. The van der Waals surface area contributed by atoms with Crippen molar-refractivity contribution < 1.29 is 5.11 Å². The highest BCUT2D eigenvalue weighted by molar-refractivity contribution is 6.31. The molecule has 3 heteroatoms. The van der Waals surface area contributed by atoms with Crippen LogP contribution >= 0.6 is 11.6 Å². The largest absolute Gasteiger partial charge is 0.396 e. The summed E-state index contributed by atoms with van der Waals surface area (Å²) in [4.78, 5) is 4.82. The zero-order valence-corrected chi connectivity index (χ0v) is 13.9. The van der Waals surface area contributed by atoms with E-state index in [1.165, 1.54) is 11.1 Å². The smallest absolute Gasteiger partial charge is 0.0720 e. The first-order valence-corrected chi connectivity index (χ1v) is 8.26. The fourth-order valence-electron chi connectivity index (χ4n) is 2.76. The van der Waals surface area contributed by atoms with E-state index >= 15 is 0 Å². The summed E-state index contributed by atoms with van der Waals surface area (Å²) in [6.45, 7) is 2.20. The normalized spacial score (nSPS) is 12.5. The number of aliphatic hydroxyl groups is 1. The molecule has 0 aliphatic rings. The van der Waals surface area contributed by atoms with Crippen LogP contribution in [0.25, 0.3) is 10.9 Å². The number of rotatable bonds is 5. The topological polar surface area (TPSA) is 33.1 Å². The monoisotopic (exact) mass is 325 g/mol. The van der Waals surface area contributed by atoms with E-state index in [0.29, 0.717) is 5.02 Å². The molecular formula is C20H20ClNO. The van der Waals surface area contributed by atoms with Crippen LogP contribution in [0.5, 0.6) is 0 Å². The molecule has 0 aliphatic carbocycles. The summed E-state index contributed by atoms with van der Waals surface area (Å²) in [6.07, 6.45) is 1.61. The van der Waals surface area contributed by atoms with Gasteiger partial charge in [0.15, 0.2) is 0 Å². The van der Waals surface area contributed by atoms with Crippen LogP contribution < -0.4 is 0 Å². The highest BCUT2D eigenvalue weighted by Crippen LogP contribution is 2.24. The summed E-state index contributed by atoms with van der Waals surface area (Å²) < 4.78 is 0. The summed E-state index contributed by atoms with van der Waals surface area (Å²) in [5.74, 6) is 0.189. The summed E-state index contributed by atoms with van der Waals surface area (Å²) in [7, 11) is 0. The molecule has 0 saturated heterocycles. The van der Waals surface area contributed by atoms with Gasteiger partial charge in [0.05, 0.1) is 5.52 Å². The van der Waals surface area contributed by atoms with E-state index in [-0.39, 0.29) is 12.5 Å². The Morgan fingerprint density at radius 2 is 1.87 bits per heavy atom. The molecule has 1 aromatic heterocycles.